The molecular formula is C13H27B. The van der Waals surface area contributed by atoms with Gasteiger partial charge in [-0.25, -0.2) is 0 Å². The SMILES string of the molecule is CCB(CC)/C(CC)=C(/C)C(C)(C)C. The molecule has 0 fully saturated rings. The van der Waals surface area contributed by atoms with Gasteiger partial charge in [-0.05, 0) is 18.8 Å². The molecule has 82 valence electrons. The second kappa shape index (κ2) is 5.63. The van der Waals surface area contributed by atoms with Gasteiger partial charge in [0, 0.05) is 0 Å². The fraction of sp³-hybridized carbons (Fsp3) is 0.846. The first-order valence-electron chi connectivity index (χ1n) is 6.08. The molecule has 0 atom stereocenters. The van der Waals surface area contributed by atoms with Crippen LogP contribution in [0.5, 0.6) is 0 Å². The Morgan fingerprint density at radius 2 is 1.43 bits per heavy atom. The molecule has 0 spiro atoms. The molecule has 0 saturated carbocycles. The smallest absolute Gasteiger partial charge is 0.102 e. The van der Waals surface area contributed by atoms with Crippen molar-refractivity contribution in [1.29, 1.82) is 0 Å². The average molecular weight is 194 g/mol. The third kappa shape index (κ3) is 3.51. The molecule has 0 heterocycles. The van der Waals surface area contributed by atoms with Crippen LogP contribution in [0, 0.1) is 5.41 Å². The molecule has 0 amide bonds. The fourth-order valence-corrected chi connectivity index (χ4v) is 2.12. The largest absolute Gasteiger partial charge is 0.169 e. The predicted octanol–water partition coefficient (Wildman–Crippen LogP) is 4.83. The lowest BCUT2D eigenvalue weighted by Gasteiger charge is -2.26. The zero-order valence-corrected chi connectivity index (χ0v) is 11.2. The minimum absolute atomic E-state index is 0.341. The lowest BCUT2D eigenvalue weighted by molar-refractivity contribution is 0.499. The first kappa shape index (κ1) is 13.8. The highest BCUT2D eigenvalue weighted by molar-refractivity contribution is 6.66. The van der Waals surface area contributed by atoms with E-state index in [0.717, 1.165) is 6.71 Å². The molecule has 0 aliphatic rings. The molecule has 1 heteroatoms. The molecule has 0 radical (unpaired) electrons. The molecule has 0 aliphatic heterocycles. The highest BCUT2D eigenvalue weighted by Crippen LogP contribution is 2.31. The molecule has 0 aromatic rings. The first-order valence-corrected chi connectivity index (χ1v) is 6.08. The van der Waals surface area contributed by atoms with E-state index >= 15 is 0 Å². The van der Waals surface area contributed by atoms with Crippen molar-refractivity contribution in [2.24, 2.45) is 5.41 Å². The quantitative estimate of drug-likeness (QED) is 0.562. The van der Waals surface area contributed by atoms with Gasteiger partial charge < -0.3 is 0 Å². The molecule has 0 aliphatic carbocycles. The van der Waals surface area contributed by atoms with E-state index in [1.165, 1.54) is 19.1 Å². The predicted molar refractivity (Wildman–Crippen MR) is 69.2 cm³/mol. The van der Waals surface area contributed by atoms with E-state index in [1.54, 1.807) is 11.0 Å². The topological polar surface area (TPSA) is 0 Å². The van der Waals surface area contributed by atoms with Gasteiger partial charge in [-0.1, -0.05) is 59.8 Å². The Balaban J connectivity index is 5.01. The number of allylic oxidation sites excluding steroid dienone is 2. The fourth-order valence-electron chi connectivity index (χ4n) is 2.12. The minimum atomic E-state index is 0.341. The maximum absolute atomic E-state index is 2.32. The first-order chi connectivity index (χ1) is 6.38. The van der Waals surface area contributed by atoms with E-state index in [9.17, 15) is 0 Å². The van der Waals surface area contributed by atoms with Crippen LogP contribution in [-0.4, -0.2) is 6.71 Å². The maximum atomic E-state index is 2.32. The summed E-state index contributed by atoms with van der Waals surface area (Å²) in [6.45, 7) is 17.0. The Labute approximate surface area is 91.3 Å². The van der Waals surface area contributed by atoms with Crippen LogP contribution in [0.3, 0.4) is 0 Å². The van der Waals surface area contributed by atoms with Crippen molar-refractivity contribution in [2.45, 2.75) is 67.5 Å². The van der Waals surface area contributed by atoms with E-state index < -0.39 is 0 Å². The summed E-state index contributed by atoms with van der Waals surface area (Å²) in [5.41, 5.74) is 3.64. The Morgan fingerprint density at radius 3 is 1.64 bits per heavy atom. The summed E-state index contributed by atoms with van der Waals surface area (Å²) in [6.07, 6.45) is 3.79. The van der Waals surface area contributed by atoms with E-state index in [4.69, 9.17) is 0 Å². The Hall–Kier alpha value is -0.195. The molecule has 14 heavy (non-hydrogen) atoms. The summed E-state index contributed by atoms with van der Waals surface area (Å²) in [5.74, 6) is 0. The number of hydrogen-bond acceptors (Lipinski definition) is 0. The van der Waals surface area contributed by atoms with Crippen LogP contribution in [-0.2, 0) is 0 Å². The summed E-state index contributed by atoms with van der Waals surface area (Å²) in [7, 11) is 0. The highest BCUT2D eigenvalue weighted by Gasteiger charge is 2.21. The van der Waals surface area contributed by atoms with Gasteiger partial charge >= 0.3 is 0 Å². The van der Waals surface area contributed by atoms with Crippen molar-refractivity contribution in [3.05, 3.63) is 11.0 Å². The van der Waals surface area contributed by atoms with Gasteiger partial charge in [-0.15, -0.1) is 5.47 Å². The molecule has 0 aromatic carbocycles. The molecule has 0 nitrogen and oxygen atoms in total. The molecule has 0 N–H and O–H groups in total. The van der Waals surface area contributed by atoms with Crippen LogP contribution in [0.4, 0.5) is 0 Å². The van der Waals surface area contributed by atoms with Gasteiger partial charge in [0.1, 0.15) is 0 Å². The average Bonchev–Trinajstić information content (AvgIpc) is 2.11. The summed E-state index contributed by atoms with van der Waals surface area (Å²) < 4.78 is 0. The molecule has 0 aromatic heterocycles. The van der Waals surface area contributed by atoms with Gasteiger partial charge in [-0.2, -0.15) is 0 Å². The normalized spacial score (nSPS) is 13.9. The monoisotopic (exact) mass is 194 g/mol. The number of hydrogen-bond donors (Lipinski definition) is 0. The lowest BCUT2D eigenvalue weighted by Crippen LogP contribution is -2.20. The van der Waals surface area contributed by atoms with Crippen molar-refractivity contribution < 1.29 is 0 Å². The standard InChI is InChI=1S/C13H27B/c1-8-12(14(9-2)10-3)11(4)13(5,6)7/h8-10H2,1-7H3/b12-11-. The Bertz CT molecular complexity index is 192. The summed E-state index contributed by atoms with van der Waals surface area (Å²) >= 11 is 0. The van der Waals surface area contributed by atoms with Gasteiger partial charge in [0.25, 0.3) is 0 Å². The van der Waals surface area contributed by atoms with E-state index in [2.05, 4.69) is 48.5 Å². The van der Waals surface area contributed by atoms with Gasteiger partial charge in [0.15, 0.2) is 6.71 Å². The van der Waals surface area contributed by atoms with Crippen LogP contribution in [0.25, 0.3) is 0 Å². The Morgan fingerprint density at radius 1 is 1.00 bits per heavy atom. The van der Waals surface area contributed by atoms with Crippen LogP contribution < -0.4 is 0 Å². The van der Waals surface area contributed by atoms with Gasteiger partial charge in [0.2, 0.25) is 0 Å². The third-order valence-corrected chi connectivity index (χ3v) is 3.47. The van der Waals surface area contributed by atoms with Crippen LogP contribution in [0.15, 0.2) is 11.0 Å². The van der Waals surface area contributed by atoms with Crippen molar-refractivity contribution in [2.75, 3.05) is 0 Å². The zero-order valence-electron chi connectivity index (χ0n) is 11.2. The van der Waals surface area contributed by atoms with Crippen LogP contribution >= 0.6 is 0 Å². The second-order valence-electron chi connectivity index (χ2n) is 5.27. The zero-order chi connectivity index (χ0) is 11.4. The van der Waals surface area contributed by atoms with Crippen molar-refractivity contribution >= 4 is 6.71 Å². The lowest BCUT2D eigenvalue weighted by atomic mass is 9.39. The third-order valence-electron chi connectivity index (χ3n) is 3.47. The van der Waals surface area contributed by atoms with Gasteiger partial charge in [0.05, 0.1) is 0 Å². The van der Waals surface area contributed by atoms with Crippen LogP contribution in [0.1, 0.15) is 54.9 Å². The molecule has 0 rings (SSSR count). The van der Waals surface area contributed by atoms with E-state index in [0.29, 0.717) is 5.41 Å². The van der Waals surface area contributed by atoms with Crippen molar-refractivity contribution in [3.63, 3.8) is 0 Å². The van der Waals surface area contributed by atoms with Crippen LogP contribution in [0.2, 0.25) is 12.6 Å². The molecule has 0 saturated heterocycles. The maximum Gasteiger partial charge on any atom is 0.169 e. The van der Waals surface area contributed by atoms with Crippen molar-refractivity contribution in [1.82, 2.24) is 0 Å². The Kier molecular flexibility index (Phi) is 5.55. The summed E-state index contributed by atoms with van der Waals surface area (Å²) in [6, 6.07) is 0. The number of rotatable bonds is 4. The van der Waals surface area contributed by atoms with E-state index in [-0.39, 0.29) is 0 Å². The summed E-state index contributed by atoms with van der Waals surface area (Å²) in [5, 5.41) is 0. The van der Waals surface area contributed by atoms with Crippen molar-refractivity contribution in [3.8, 4) is 0 Å². The van der Waals surface area contributed by atoms with E-state index in [1.807, 2.05) is 0 Å². The molecule has 0 unspecified atom stereocenters. The summed E-state index contributed by atoms with van der Waals surface area (Å²) in [4.78, 5) is 0. The molecular weight excluding hydrogens is 167 g/mol. The second-order valence-corrected chi connectivity index (χ2v) is 5.27. The molecule has 0 bridgehead atoms. The minimum Gasteiger partial charge on any atom is -0.102 e. The highest BCUT2D eigenvalue weighted by atomic mass is 14.2. The van der Waals surface area contributed by atoms with Gasteiger partial charge in [-0.3, -0.25) is 0 Å².